The van der Waals surface area contributed by atoms with Crippen LogP contribution in [0.15, 0.2) is 24.3 Å². The minimum absolute atomic E-state index is 0.713. The Hall–Kier alpha value is -1.57. The van der Waals surface area contributed by atoms with Gasteiger partial charge in [0.25, 0.3) is 0 Å². The fourth-order valence-electron chi connectivity index (χ4n) is 3.52. The van der Waals surface area contributed by atoms with Crippen molar-refractivity contribution in [1.82, 2.24) is 4.57 Å². The molecule has 0 N–H and O–H groups in total. The molecule has 106 valence electrons. The SMILES string of the molecule is O=CCCCCCn1c2c(c3ccccc31)CCCC2. The molecule has 0 atom stereocenters. The molecule has 2 heteroatoms. The zero-order valence-corrected chi connectivity index (χ0v) is 12.1. The van der Waals surface area contributed by atoms with Crippen LogP contribution in [0.5, 0.6) is 0 Å². The highest BCUT2D eigenvalue weighted by atomic mass is 16.1. The first-order valence-electron chi connectivity index (χ1n) is 7.94. The molecule has 0 fully saturated rings. The van der Waals surface area contributed by atoms with Crippen LogP contribution < -0.4 is 0 Å². The molecule has 1 aromatic carbocycles. The van der Waals surface area contributed by atoms with Gasteiger partial charge in [-0.05, 0) is 50.2 Å². The van der Waals surface area contributed by atoms with Gasteiger partial charge in [0.1, 0.15) is 6.29 Å². The summed E-state index contributed by atoms with van der Waals surface area (Å²) >= 11 is 0. The van der Waals surface area contributed by atoms with Crippen LogP contribution in [0.1, 0.15) is 49.8 Å². The monoisotopic (exact) mass is 269 g/mol. The maximum atomic E-state index is 10.4. The van der Waals surface area contributed by atoms with Crippen molar-refractivity contribution in [3.8, 4) is 0 Å². The molecule has 0 saturated heterocycles. The normalized spacial score (nSPS) is 14.4. The lowest BCUT2D eigenvalue weighted by Gasteiger charge is -2.16. The van der Waals surface area contributed by atoms with E-state index in [1.165, 1.54) is 43.0 Å². The quantitative estimate of drug-likeness (QED) is 0.566. The first-order valence-corrected chi connectivity index (χ1v) is 7.94. The molecule has 0 unspecified atom stereocenters. The number of hydrogen-bond donors (Lipinski definition) is 0. The number of fused-ring (bicyclic) bond motifs is 3. The summed E-state index contributed by atoms with van der Waals surface area (Å²) in [4.78, 5) is 10.4. The summed E-state index contributed by atoms with van der Waals surface area (Å²) in [6.45, 7) is 1.11. The van der Waals surface area contributed by atoms with E-state index >= 15 is 0 Å². The molecule has 0 aliphatic heterocycles. The lowest BCUT2D eigenvalue weighted by atomic mass is 9.95. The van der Waals surface area contributed by atoms with E-state index in [0.717, 1.165) is 25.7 Å². The number of carbonyl (C=O) groups is 1. The molecule has 0 radical (unpaired) electrons. The summed E-state index contributed by atoms with van der Waals surface area (Å²) in [5.41, 5.74) is 4.59. The van der Waals surface area contributed by atoms with Crippen LogP contribution in [0.2, 0.25) is 0 Å². The number of aromatic nitrogens is 1. The van der Waals surface area contributed by atoms with Gasteiger partial charge in [-0.15, -0.1) is 0 Å². The molecule has 2 aromatic rings. The van der Waals surface area contributed by atoms with Gasteiger partial charge in [-0.3, -0.25) is 0 Å². The van der Waals surface area contributed by atoms with Gasteiger partial charge in [-0.1, -0.05) is 24.6 Å². The van der Waals surface area contributed by atoms with E-state index in [1.807, 2.05) is 0 Å². The Morgan fingerprint density at radius 1 is 1.05 bits per heavy atom. The van der Waals surface area contributed by atoms with E-state index in [9.17, 15) is 4.79 Å². The van der Waals surface area contributed by atoms with Crippen LogP contribution >= 0.6 is 0 Å². The average Bonchev–Trinajstić information content (AvgIpc) is 2.82. The molecule has 0 spiro atoms. The second-order valence-electron chi connectivity index (χ2n) is 5.82. The third-order valence-electron chi connectivity index (χ3n) is 4.49. The predicted molar refractivity (Wildman–Crippen MR) is 83.1 cm³/mol. The van der Waals surface area contributed by atoms with E-state index in [4.69, 9.17) is 0 Å². The first-order chi connectivity index (χ1) is 9.92. The molecule has 0 bridgehead atoms. The standard InChI is InChI=1S/C18H23NO/c20-14-8-2-1-7-13-19-17-11-5-3-9-15(17)16-10-4-6-12-18(16)19/h3,5,9,11,14H,1-2,4,6-8,10,12-13H2. The van der Waals surface area contributed by atoms with Crippen LogP contribution in [0.25, 0.3) is 10.9 Å². The summed E-state index contributed by atoms with van der Waals surface area (Å²) in [5, 5.41) is 1.47. The minimum Gasteiger partial charge on any atom is -0.344 e. The van der Waals surface area contributed by atoms with Gasteiger partial charge in [0.05, 0.1) is 0 Å². The van der Waals surface area contributed by atoms with E-state index < -0.39 is 0 Å². The average molecular weight is 269 g/mol. The second kappa shape index (κ2) is 6.25. The molecule has 2 nitrogen and oxygen atoms in total. The first kappa shape index (κ1) is 13.4. The summed E-state index contributed by atoms with van der Waals surface area (Å²) in [6, 6.07) is 8.85. The zero-order valence-electron chi connectivity index (χ0n) is 12.1. The number of para-hydroxylation sites is 1. The molecular formula is C18H23NO. The van der Waals surface area contributed by atoms with Crippen molar-refractivity contribution in [2.75, 3.05) is 0 Å². The number of carbonyl (C=O) groups excluding carboxylic acids is 1. The summed E-state index contributed by atoms with van der Waals surface area (Å²) in [7, 11) is 0. The molecule has 1 heterocycles. The van der Waals surface area contributed by atoms with Gasteiger partial charge in [0, 0.05) is 29.6 Å². The van der Waals surface area contributed by atoms with E-state index in [0.29, 0.717) is 6.42 Å². The van der Waals surface area contributed by atoms with Crippen LogP contribution in [0, 0.1) is 0 Å². The molecule has 1 aliphatic carbocycles. The van der Waals surface area contributed by atoms with Crippen molar-refractivity contribution in [2.45, 2.75) is 57.9 Å². The van der Waals surface area contributed by atoms with Gasteiger partial charge in [0.15, 0.2) is 0 Å². The highest BCUT2D eigenvalue weighted by molar-refractivity contribution is 5.85. The lowest BCUT2D eigenvalue weighted by molar-refractivity contribution is -0.107. The third-order valence-corrected chi connectivity index (χ3v) is 4.49. The van der Waals surface area contributed by atoms with E-state index in [2.05, 4.69) is 28.8 Å². The van der Waals surface area contributed by atoms with Crippen LogP contribution in [0.4, 0.5) is 0 Å². The van der Waals surface area contributed by atoms with Gasteiger partial charge < -0.3 is 9.36 Å². The molecule has 20 heavy (non-hydrogen) atoms. The van der Waals surface area contributed by atoms with Gasteiger partial charge in [-0.25, -0.2) is 0 Å². The highest BCUT2D eigenvalue weighted by Gasteiger charge is 2.18. The van der Waals surface area contributed by atoms with Crippen molar-refractivity contribution in [3.05, 3.63) is 35.5 Å². The molecular weight excluding hydrogens is 246 g/mol. The van der Waals surface area contributed by atoms with Crippen molar-refractivity contribution >= 4 is 17.2 Å². The Bertz CT molecular complexity index is 597. The Morgan fingerprint density at radius 2 is 1.90 bits per heavy atom. The third kappa shape index (κ3) is 2.52. The Balaban J connectivity index is 1.83. The topological polar surface area (TPSA) is 22.0 Å². The fourth-order valence-corrected chi connectivity index (χ4v) is 3.52. The van der Waals surface area contributed by atoms with E-state index in [-0.39, 0.29) is 0 Å². The maximum absolute atomic E-state index is 10.4. The largest absolute Gasteiger partial charge is 0.344 e. The van der Waals surface area contributed by atoms with Crippen molar-refractivity contribution in [1.29, 1.82) is 0 Å². The summed E-state index contributed by atoms with van der Waals surface area (Å²) < 4.78 is 2.55. The molecule has 1 aliphatic rings. The summed E-state index contributed by atoms with van der Waals surface area (Å²) in [5.74, 6) is 0. The van der Waals surface area contributed by atoms with Crippen molar-refractivity contribution in [2.24, 2.45) is 0 Å². The van der Waals surface area contributed by atoms with Crippen LogP contribution in [0.3, 0.4) is 0 Å². The lowest BCUT2D eigenvalue weighted by Crippen LogP contribution is -2.08. The molecule has 3 rings (SSSR count). The number of unbranched alkanes of at least 4 members (excludes halogenated alkanes) is 3. The van der Waals surface area contributed by atoms with Crippen LogP contribution in [-0.2, 0) is 24.2 Å². The van der Waals surface area contributed by atoms with Crippen molar-refractivity contribution in [3.63, 3.8) is 0 Å². The second-order valence-corrected chi connectivity index (χ2v) is 5.82. The molecule has 0 amide bonds. The van der Waals surface area contributed by atoms with Crippen LogP contribution in [-0.4, -0.2) is 10.9 Å². The highest BCUT2D eigenvalue weighted by Crippen LogP contribution is 2.32. The van der Waals surface area contributed by atoms with Gasteiger partial charge in [-0.2, -0.15) is 0 Å². The number of aldehydes is 1. The Labute approximate surface area is 120 Å². The smallest absolute Gasteiger partial charge is 0.119 e. The number of benzene rings is 1. The Kier molecular flexibility index (Phi) is 4.19. The minimum atomic E-state index is 0.713. The number of aryl methyl sites for hydroxylation is 2. The van der Waals surface area contributed by atoms with Gasteiger partial charge >= 0.3 is 0 Å². The van der Waals surface area contributed by atoms with E-state index in [1.54, 1.807) is 11.3 Å². The number of hydrogen-bond acceptors (Lipinski definition) is 1. The molecule has 0 saturated carbocycles. The zero-order chi connectivity index (χ0) is 13.8. The number of nitrogens with zero attached hydrogens (tertiary/aromatic N) is 1. The maximum Gasteiger partial charge on any atom is 0.119 e. The molecule has 1 aromatic heterocycles. The number of rotatable bonds is 6. The summed E-state index contributed by atoms with van der Waals surface area (Å²) in [6.07, 6.45) is 10.3. The van der Waals surface area contributed by atoms with Crippen molar-refractivity contribution < 1.29 is 4.79 Å². The predicted octanol–water partition coefficient (Wildman–Crippen LogP) is 4.28. The van der Waals surface area contributed by atoms with Gasteiger partial charge in [0.2, 0.25) is 0 Å². The Morgan fingerprint density at radius 3 is 2.80 bits per heavy atom. The fraction of sp³-hybridized carbons (Fsp3) is 0.500.